The van der Waals surface area contributed by atoms with Crippen LogP contribution in [0.2, 0.25) is 0 Å². The minimum absolute atomic E-state index is 0.0716. The van der Waals surface area contributed by atoms with Crippen LogP contribution in [0.25, 0.3) is 0 Å². The van der Waals surface area contributed by atoms with Crippen LogP contribution in [0.3, 0.4) is 0 Å². The Morgan fingerprint density at radius 3 is 2.57 bits per heavy atom. The predicted octanol–water partition coefficient (Wildman–Crippen LogP) is 3.40. The number of fused-ring (bicyclic) bond motifs is 1. The van der Waals surface area contributed by atoms with Crippen LogP contribution in [0.1, 0.15) is 16.8 Å². The van der Waals surface area contributed by atoms with E-state index in [4.69, 9.17) is 0 Å². The van der Waals surface area contributed by atoms with Crippen LogP contribution in [0.15, 0.2) is 39.7 Å². The largest absolute Gasteiger partial charge is 0.471 e. The molecule has 0 aliphatic carbocycles. The summed E-state index contributed by atoms with van der Waals surface area (Å²) in [7, 11) is -4.00. The molecule has 0 fully saturated rings. The number of nitrogens with one attached hydrogen (secondary N) is 1. The van der Waals surface area contributed by atoms with E-state index in [-0.39, 0.29) is 30.2 Å². The van der Waals surface area contributed by atoms with E-state index in [9.17, 15) is 26.4 Å². The Bertz CT molecular complexity index is 1040. The number of hydrogen-bond donors (Lipinski definition) is 1. The van der Waals surface area contributed by atoms with Gasteiger partial charge in [-0.2, -0.15) is 13.2 Å². The van der Waals surface area contributed by atoms with Crippen molar-refractivity contribution in [2.75, 3.05) is 11.3 Å². The summed E-state index contributed by atoms with van der Waals surface area (Å²) in [6, 6.07) is 7.36. The van der Waals surface area contributed by atoms with Crippen LogP contribution in [0.5, 0.6) is 0 Å². The molecular weight excluding hydrogens is 463 g/mol. The van der Waals surface area contributed by atoms with Crippen molar-refractivity contribution >= 4 is 37.7 Å². The van der Waals surface area contributed by atoms with Crippen molar-refractivity contribution in [2.45, 2.75) is 31.0 Å². The number of hydrogen-bond acceptors (Lipinski definition) is 4. The molecule has 150 valence electrons. The molecule has 0 saturated heterocycles. The number of aromatic nitrogens is 1. The molecule has 6 nitrogen and oxygen atoms in total. The Hall–Kier alpha value is -2.14. The average molecular weight is 478 g/mol. The van der Waals surface area contributed by atoms with Crippen LogP contribution in [-0.2, 0) is 27.8 Å². The first kappa shape index (κ1) is 20.6. The second-order valence-electron chi connectivity index (χ2n) is 6.27. The third-order valence-corrected chi connectivity index (χ3v) is 6.48. The number of alkyl halides is 3. The SMILES string of the molecule is Cc1nc(NS(=O)(=O)c2ccc3c(c2)CN(C(=O)C(F)(F)F)CC3)ccc1Br. The summed E-state index contributed by atoms with van der Waals surface area (Å²) in [5.74, 6) is -1.81. The highest BCUT2D eigenvalue weighted by Gasteiger charge is 2.43. The molecule has 0 atom stereocenters. The van der Waals surface area contributed by atoms with E-state index in [1.54, 1.807) is 19.1 Å². The van der Waals surface area contributed by atoms with Gasteiger partial charge in [-0.05, 0) is 64.7 Å². The predicted molar refractivity (Wildman–Crippen MR) is 99.1 cm³/mol. The number of carbonyl (C=O) groups is 1. The van der Waals surface area contributed by atoms with Crippen molar-refractivity contribution in [2.24, 2.45) is 0 Å². The maximum absolute atomic E-state index is 12.7. The Balaban J connectivity index is 1.86. The summed E-state index contributed by atoms with van der Waals surface area (Å²) < 4.78 is 66.4. The first-order valence-corrected chi connectivity index (χ1v) is 10.4. The topological polar surface area (TPSA) is 79.4 Å². The van der Waals surface area contributed by atoms with Gasteiger partial charge in [0.05, 0.1) is 10.6 Å². The summed E-state index contributed by atoms with van der Waals surface area (Å²) in [4.78, 5) is 16.1. The normalized spacial score (nSPS) is 14.5. The molecule has 2 heterocycles. The Morgan fingerprint density at radius 1 is 1.21 bits per heavy atom. The lowest BCUT2D eigenvalue weighted by Gasteiger charge is -2.29. The van der Waals surface area contributed by atoms with E-state index < -0.39 is 22.1 Å². The minimum Gasteiger partial charge on any atom is -0.330 e. The van der Waals surface area contributed by atoms with Gasteiger partial charge in [0.15, 0.2) is 0 Å². The first-order valence-electron chi connectivity index (χ1n) is 8.11. The molecule has 1 amide bonds. The minimum atomic E-state index is -4.96. The van der Waals surface area contributed by atoms with Gasteiger partial charge in [0.25, 0.3) is 10.0 Å². The van der Waals surface area contributed by atoms with Crippen molar-refractivity contribution in [1.82, 2.24) is 9.88 Å². The van der Waals surface area contributed by atoms with Crippen molar-refractivity contribution in [3.05, 3.63) is 51.6 Å². The number of pyridine rings is 1. The average Bonchev–Trinajstić information content (AvgIpc) is 2.62. The highest BCUT2D eigenvalue weighted by molar-refractivity contribution is 9.10. The molecule has 0 unspecified atom stereocenters. The lowest BCUT2D eigenvalue weighted by Crippen LogP contribution is -2.43. The standard InChI is InChI=1S/C17H15BrF3N3O3S/c1-10-14(18)4-5-15(22-10)23-28(26,27)13-3-2-11-6-7-24(9-12(11)8-13)16(25)17(19,20)21/h2-5,8H,6-7,9H2,1H3,(H,22,23). The number of anilines is 1. The van der Waals surface area contributed by atoms with Gasteiger partial charge < -0.3 is 4.90 Å². The molecule has 1 aliphatic heterocycles. The maximum atomic E-state index is 12.7. The van der Waals surface area contributed by atoms with E-state index in [0.29, 0.717) is 21.7 Å². The Kier molecular flexibility index (Phi) is 5.41. The van der Waals surface area contributed by atoms with E-state index in [1.807, 2.05) is 0 Å². The summed E-state index contributed by atoms with van der Waals surface area (Å²) in [6.45, 7) is 1.33. The maximum Gasteiger partial charge on any atom is 0.471 e. The molecular formula is C17H15BrF3N3O3S. The zero-order chi connectivity index (χ0) is 20.7. The molecule has 1 aliphatic rings. The van der Waals surface area contributed by atoms with Gasteiger partial charge in [-0.15, -0.1) is 0 Å². The smallest absolute Gasteiger partial charge is 0.330 e. The van der Waals surface area contributed by atoms with Gasteiger partial charge in [0, 0.05) is 17.6 Å². The van der Waals surface area contributed by atoms with Gasteiger partial charge >= 0.3 is 12.1 Å². The molecule has 0 saturated carbocycles. The van der Waals surface area contributed by atoms with E-state index in [2.05, 4.69) is 25.6 Å². The third kappa shape index (κ3) is 4.30. The van der Waals surface area contributed by atoms with Gasteiger partial charge in [0.2, 0.25) is 0 Å². The molecule has 28 heavy (non-hydrogen) atoms. The molecule has 0 bridgehead atoms. The summed E-state index contributed by atoms with van der Waals surface area (Å²) in [6.07, 6.45) is -4.74. The van der Waals surface area contributed by atoms with Gasteiger partial charge in [-0.25, -0.2) is 13.4 Å². The quantitative estimate of drug-likeness (QED) is 0.734. The van der Waals surface area contributed by atoms with E-state index in [1.165, 1.54) is 18.2 Å². The van der Waals surface area contributed by atoms with Crippen molar-refractivity contribution in [3.8, 4) is 0 Å². The van der Waals surface area contributed by atoms with Gasteiger partial charge in [-0.3, -0.25) is 9.52 Å². The Morgan fingerprint density at radius 2 is 1.93 bits per heavy atom. The van der Waals surface area contributed by atoms with E-state index >= 15 is 0 Å². The lowest BCUT2D eigenvalue weighted by atomic mass is 10.00. The number of rotatable bonds is 3. The first-order chi connectivity index (χ1) is 13.0. The fraction of sp³-hybridized carbons (Fsp3) is 0.294. The van der Waals surface area contributed by atoms with E-state index in [0.717, 1.165) is 4.47 Å². The van der Waals surface area contributed by atoms with Crippen LogP contribution in [-0.4, -0.2) is 36.9 Å². The fourth-order valence-electron chi connectivity index (χ4n) is 2.85. The number of carbonyl (C=O) groups excluding carboxylic acids is 1. The molecule has 0 radical (unpaired) electrons. The molecule has 2 aromatic rings. The van der Waals surface area contributed by atoms with Gasteiger partial charge in [-0.1, -0.05) is 6.07 Å². The Labute approximate surface area is 167 Å². The second-order valence-corrected chi connectivity index (χ2v) is 8.81. The highest BCUT2D eigenvalue weighted by Crippen LogP contribution is 2.27. The summed E-state index contributed by atoms with van der Waals surface area (Å²) in [5.41, 5.74) is 1.67. The lowest BCUT2D eigenvalue weighted by molar-refractivity contribution is -0.186. The molecule has 1 N–H and O–H groups in total. The number of sulfonamides is 1. The van der Waals surface area contributed by atoms with Crippen LogP contribution in [0.4, 0.5) is 19.0 Å². The number of nitrogens with zero attached hydrogens (tertiary/aromatic N) is 2. The summed E-state index contributed by atoms with van der Waals surface area (Å²) in [5, 5.41) is 0. The van der Waals surface area contributed by atoms with Crippen LogP contribution in [0, 0.1) is 6.92 Å². The van der Waals surface area contributed by atoms with Crippen molar-refractivity contribution < 1.29 is 26.4 Å². The number of aryl methyl sites for hydroxylation is 1. The molecule has 1 aromatic carbocycles. The number of halogens is 4. The highest BCUT2D eigenvalue weighted by atomic mass is 79.9. The number of amides is 1. The molecule has 11 heteroatoms. The molecule has 3 rings (SSSR count). The van der Waals surface area contributed by atoms with Crippen molar-refractivity contribution in [1.29, 1.82) is 0 Å². The van der Waals surface area contributed by atoms with Crippen LogP contribution < -0.4 is 4.72 Å². The second kappa shape index (κ2) is 7.36. The van der Waals surface area contributed by atoms with Crippen LogP contribution >= 0.6 is 15.9 Å². The zero-order valence-corrected chi connectivity index (χ0v) is 16.9. The fourth-order valence-corrected chi connectivity index (χ4v) is 4.12. The molecule has 1 aromatic heterocycles. The third-order valence-electron chi connectivity index (χ3n) is 4.29. The summed E-state index contributed by atoms with van der Waals surface area (Å²) >= 11 is 3.27. The van der Waals surface area contributed by atoms with Crippen molar-refractivity contribution in [3.63, 3.8) is 0 Å². The molecule has 0 spiro atoms. The van der Waals surface area contributed by atoms with Gasteiger partial charge in [0.1, 0.15) is 5.82 Å². The number of benzene rings is 1. The zero-order valence-electron chi connectivity index (χ0n) is 14.5. The monoisotopic (exact) mass is 477 g/mol.